The zero-order valence-corrected chi connectivity index (χ0v) is 15.0. The number of amides is 2. The Hall–Kier alpha value is -2.83. The summed E-state index contributed by atoms with van der Waals surface area (Å²) in [7, 11) is 0. The summed E-state index contributed by atoms with van der Waals surface area (Å²) in [5, 5.41) is 2.75. The molecule has 0 atom stereocenters. The zero-order valence-electron chi connectivity index (χ0n) is 15.0. The molecule has 2 amide bonds. The lowest BCUT2D eigenvalue weighted by molar-refractivity contribution is -0.130. The van der Waals surface area contributed by atoms with Crippen LogP contribution in [0.4, 0.5) is 14.6 Å². The summed E-state index contributed by atoms with van der Waals surface area (Å²) in [5.41, 5.74) is 0.943. The minimum atomic E-state index is -0.654. The SMILES string of the molecule is CC(=O)N1CCC(CC(=O)Nc2ccc(-c3cc(F)cc(F)c3)cn2)CC1. The molecule has 3 rings (SSSR count). The first kappa shape index (κ1) is 18.9. The predicted molar refractivity (Wildman–Crippen MR) is 97.8 cm³/mol. The molecule has 0 saturated carbocycles. The van der Waals surface area contributed by atoms with Gasteiger partial charge in [-0.25, -0.2) is 13.8 Å². The molecule has 0 aliphatic carbocycles. The molecule has 1 aliphatic heterocycles. The summed E-state index contributed by atoms with van der Waals surface area (Å²) in [4.78, 5) is 29.5. The van der Waals surface area contributed by atoms with Crippen LogP contribution >= 0.6 is 0 Å². The number of aromatic nitrogens is 1. The minimum absolute atomic E-state index is 0.0698. The molecule has 0 radical (unpaired) electrons. The average molecular weight is 373 g/mol. The van der Waals surface area contributed by atoms with E-state index >= 15 is 0 Å². The first-order valence-electron chi connectivity index (χ1n) is 8.88. The molecule has 1 N–H and O–H groups in total. The third kappa shape index (κ3) is 5.09. The second kappa shape index (κ2) is 8.24. The van der Waals surface area contributed by atoms with Gasteiger partial charge >= 0.3 is 0 Å². The highest BCUT2D eigenvalue weighted by molar-refractivity contribution is 5.90. The van der Waals surface area contributed by atoms with Crippen molar-refractivity contribution in [2.45, 2.75) is 26.2 Å². The third-order valence-electron chi connectivity index (χ3n) is 4.76. The largest absolute Gasteiger partial charge is 0.343 e. The Morgan fingerprint density at radius 1 is 1.11 bits per heavy atom. The van der Waals surface area contributed by atoms with Gasteiger partial charge in [0.05, 0.1) is 0 Å². The molecule has 1 aromatic heterocycles. The van der Waals surface area contributed by atoms with Gasteiger partial charge in [-0.2, -0.15) is 0 Å². The molecule has 27 heavy (non-hydrogen) atoms. The summed E-state index contributed by atoms with van der Waals surface area (Å²) >= 11 is 0. The highest BCUT2D eigenvalue weighted by Gasteiger charge is 2.22. The smallest absolute Gasteiger partial charge is 0.225 e. The number of nitrogens with one attached hydrogen (secondary N) is 1. The Kier molecular flexibility index (Phi) is 5.78. The molecule has 2 aromatic rings. The minimum Gasteiger partial charge on any atom is -0.343 e. The molecule has 1 aliphatic rings. The number of anilines is 1. The average Bonchev–Trinajstić information content (AvgIpc) is 2.62. The summed E-state index contributed by atoms with van der Waals surface area (Å²) in [5.74, 6) is -0.734. The molecule has 5 nitrogen and oxygen atoms in total. The fourth-order valence-corrected chi connectivity index (χ4v) is 3.27. The number of halogens is 2. The van der Waals surface area contributed by atoms with Crippen molar-refractivity contribution >= 4 is 17.6 Å². The van der Waals surface area contributed by atoms with Gasteiger partial charge in [0.15, 0.2) is 0 Å². The number of hydrogen-bond donors (Lipinski definition) is 1. The number of pyridine rings is 1. The molecule has 0 spiro atoms. The number of likely N-dealkylation sites (tertiary alicyclic amines) is 1. The highest BCUT2D eigenvalue weighted by atomic mass is 19.1. The van der Waals surface area contributed by atoms with Gasteiger partial charge in [0.1, 0.15) is 17.5 Å². The molecule has 7 heteroatoms. The molecular formula is C20H21F2N3O2. The van der Waals surface area contributed by atoms with Crippen LogP contribution in [0, 0.1) is 17.6 Å². The van der Waals surface area contributed by atoms with Crippen molar-refractivity contribution in [1.82, 2.24) is 9.88 Å². The fraction of sp³-hybridized carbons (Fsp3) is 0.350. The van der Waals surface area contributed by atoms with Crippen LogP contribution in [-0.2, 0) is 9.59 Å². The van der Waals surface area contributed by atoms with Crippen molar-refractivity contribution in [1.29, 1.82) is 0 Å². The lowest BCUT2D eigenvalue weighted by atomic mass is 9.93. The van der Waals surface area contributed by atoms with Gasteiger partial charge in [0.25, 0.3) is 0 Å². The van der Waals surface area contributed by atoms with Crippen molar-refractivity contribution in [3.63, 3.8) is 0 Å². The molecular weight excluding hydrogens is 352 g/mol. The predicted octanol–water partition coefficient (Wildman–Crippen LogP) is 3.61. The van der Waals surface area contributed by atoms with Gasteiger partial charge < -0.3 is 10.2 Å². The first-order valence-corrected chi connectivity index (χ1v) is 8.88. The number of carbonyl (C=O) groups excluding carboxylic acids is 2. The highest BCUT2D eigenvalue weighted by Crippen LogP contribution is 2.23. The van der Waals surface area contributed by atoms with Gasteiger partial charge in [-0.15, -0.1) is 0 Å². The van der Waals surface area contributed by atoms with Crippen LogP contribution in [-0.4, -0.2) is 34.8 Å². The number of piperidine rings is 1. The normalized spacial score (nSPS) is 14.9. The van der Waals surface area contributed by atoms with Gasteiger partial charge in [-0.05, 0) is 48.6 Å². The summed E-state index contributed by atoms with van der Waals surface area (Å²) in [6.45, 7) is 2.93. The first-order chi connectivity index (χ1) is 12.9. The van der Waals surface area contributed by atoms with Gasteiger partial charge in [-0.1, -0.05) is 0 Å². The van der Waals surface area contributed by atoms with E-state index in [9.17, 15) is 18.4 Å². The standard InChI is InChI=1S/C20H21F2N3O2/c1-13(26)25-6-4-14(5-7-25)8-20(27)24-19-3-2-15(12-23-19)16-9-17(21)11-18(22)10-16/h2-3,9-12,14H,4-8H2,1H3,(H,23,24,27). The van der Waals surface area contributed by atoms with Crippen LogP contribution in [0.25, 0.3) is 11.1 Å². The molecule has 0 unspecified atom stereocenters. The van der Waals surface area contributed by atoms with E-state index in [4.69, 9.17) is 0 Å². The van der Waals surface area contributed by atoms with E-state index in [1.807, 2.05) is 0 Å². The molecule has 1 saturated heterocycles. The van der Waals surface area contributed by atoms with Crippen LogP contribution in [0.2, 0.25) is 0 Å². The topological polar surface area (TPSA) is 62.3 Å². The maximum Gasteiger partial charge on any atom is 0.225 e. The van der Waals surface area contributed by atoms with Crippen LogP contribution in [0.15, 0.2) is 36.5 Å². The number of carbonyl (C=O) groups is 2. The lowest BCUT2D eigenvalue weighted by Crippen LogP contribution is -2.37. The second-order valence-electron chi connectivity index (χ2n) is 6.79. The van der Waals surface area contributed by atoms with E-state index < -0.39 is 11.6 Å². The Morgan fingerprint density at radius 2 is 1.78 bits per heavy atom. The molecule has 1 aromatic carbocycles. The summed E-state index contributed by atoms with van der Waals surface area (Å²) < 4.78 is 26.6. The Bertz CT molecular complexity index is 811. The number of benzene rings is 1. The Balaban J connectivity index is 1.55. The monoisotopic (exact) mass is 373 g/mol. The van der Waals surface area contributed by atoms with Crippen LogP contribution < -0.4 is 5.32 Å². The van der Waals surface area contributed by atoms with Crippen molar-refractivity contribution < 1.29 is 18.4 Å². The fourth-order valence-electron chi connectivity index (χ4n) is 3.27. The summed E-state index contributed by atoms with van der Waals surface area (Å²) in [6.07, 6.45) is 3.47. The third-order valence-corrected chi connectivity index (χ3v) is 4.76. The summed E-state index contributed by atoms with van der Waals surface area (Å²) in [6, 6.07) is 6.53. The molecule has 2 heterocycles. The molecule has 0 bridgehead atoms. The maximum absolute atomic E-state index is 13.3. The van der Waals surface area contributed by atoms with E-state index in [1.165, 1.54) is 18.3 Å². The molecule has 1 fully saturated rings. The van der Waals surface area contributed by atoms with Gasteiger partial charge in [0, 0.05) is 44.3 Å². The van der Waals surface area contributed by atoms with E-state index in [2.05, 4.69) is 10.3 Å². The van der Waals surface area contributed by atoms with Crippen molar-refractivity contribution in [2.75, 3.05) is 18.4 Å². The number of hydrogen-bond acceptors (Lipinski definition) is 3. The Morgan fingerprint density at radius 3 is 2.33 bits per heavy atom. The van der Waals surface area contributed by atoms with Gasteiger partial charge in [-0.3, -0.25) is 9.59 Å². The van der Waals surface area contributed by atoms with Crippen LogP contribution in [0.5, 0.6) is 0 Å². The van der Waals surface area contributed by atoms with E-state index in [-0.39, 0.29) is 17.7 Å². The Labute approximate surface area is 156 Å². The quantitative estimate of drug-likeness (QED) is 0.891. The van der Waals surface area contributed by atoms with Crippen molar-refractivity contribution in [3.8, 4) is 11.1 Å². The maximum atomic E-state index is 13.3. The second-order valence-corrected chi connectivity index (χ2v) is 6.79. The molecule has 142 valence electrons. The van der Waals surface area contributed by atoms with E-state index in [0.717, 1.165) is 18.9 Å². The van der Waals surface area contributed by atoms with Gasteiger partial charge in [0.2, 0.25) is 11.8 Å². The van der Waals surface area contributed by atoms with E-state index in [1.54, 1.807) is 24.0 Å². The number of nitrogens with zero attached hydrogens (tertiary/aromatic N) is 2. The van der Waals surface area contributed by atoms with E-state index in [0.29, 0.717) is 36.5 Å². The van der Waals surface area contributed by atoms with Crippen molar-refractivity contribution in [3.05, 3.63) is 48.2 Å². The van der Waals surface area contributed by atoms with Crippen LogP contribution in [0.3, 0.4) is 0 Å². The van der Waals surface area contributed by atoms with Crippen molar-refractivity contribution in [2.24, 2.45) is 5.92 Å². The zero-order chi connectivity index (χ0) is 19.4. The lowest BCUT2D eigenvalue weighted by Gasteiger charge is -2.30. The van der Waals surface area contributed by atoms with Crippen LogP contribution in [0.1, 0.15) is 26.2 Å². The number of rotatable bonds is 4.